The van der Waals surface area contributed by atoms with Crippen LogP contribution >= 0.6 is 11.3 Å². The fourth-order valence-corrected chi connectivity index (χ4v) is 2.27. The maximum Gasteiger partial charge on any atom is 0.417 e. The third-order valence-corrected chi connectivity index (χ3v) is 2.94. The number of amides is 1. The first-order valence-electron chi connectivity index (χ1n) is 4.84. The van der Waals surface area contributed by atoms with Gasteiger partial charge < -0.3 is 10.4 Å². The Labute approximate surface area is 104 Å². The van der Waals surface area contributed by atoms with Gasteiger partial charge in [0.2, 0.25) is 5.91 Å². The van der Waals surface area contributed by atoms with Crippen LogP contribution in [0.4, 0.5) is 13.2 Å². The number of carbonyl (C=O) groups is 2. The Morgan fingerprint density at radius 2 is 2.06 bits per heavy atom. The topological polar surface area (TPSA) is 66.4 Å². The number of aliphatic carboxylic acids is 1. The molecule has 2 N–H and O–H groups in total. The lowest BCUT2D eigenvalue weighted by atomic mass is 10.0. The van der Waals surface area contributed by atoms with Gasteiger partial charge in [0.15, 0.2) is 0 Å². The van der Waals surface area contributed by atoms with E-state index in [9.17, 15) is 22.8 Å². The van der Waals surface area contributed by atoms with E-state index in [4.69, 9.17) is 5.11 Å². The molecule has 1 aromatic rings. The minimum absolute atomic E-state index is 0.131. The van der Waals surface area contributed by atoms with Crippen molar-refractivity contribution >= 4 is 23.2 Å². The summed E-state index contributed by atoms with van der Waals surface area (Å²) in [4.78, 5) is 21.6. The summed E-state index contributed by atoms with van der Waals surface area (Å²) in [5.74, 6) is -1.98. The third kappa shape index (κ3) is 3.73. The van der Waals surface area contributed by atoms with E-state index in [0.717, 1.165) is 23.6 Å². The summed E-state index contributed by atoms with van der Waals surface area (Å²) in [6.45, 7) is 1.11. The number of thiophene rings is 1. The van der Waals surface area contributed by atoms with Crippen LogP contribution < -0.4 is 5.32 Å². The minimum Gasteiger partial charge on any atom is -0.480 e. The standard InChI is InChI=1S/C10H10F3NO3S/c1-5(15)14-8(9(16)17)2-6-3-18-4-7(6)10(11,12)13/h3-4,8H,2H2,1H3,(H,14,15)(H,16,17). The lowest BCUT2D eigenvalue weighted by Gasteiger charge is -2.14. The highest BCUT2D eigenvalue weighted by molar-refractivity contribution is 7.08. The van der Waals surface area contributed by atoms with E-state index in [2.05, 4.69) is 5.32 Å². The van der Waals surface area contributed by atoms with Gasteiger partial charge in [0, 0.05) is 18.7 Å². The highest BCUT2D eigenvalue weighted by atomic mass is 32.1. The number of hydrogen-bond acceptors (Lipinski definition) is 3. The SMILES string of the molecule is CC(=O)NC(Cc1cscc1C(F)(F)F)C(=O)O. The number of rotatable bonds is 4. The summed E-state index contributed by atoms with van der Waals surface area (Å²) in [5, 5.41) is 13.1. The Bertz CT molecular complexity index is 455. The Kier molecular flexibility index (Phi) is 4.33. The molecule has 0 fully saturated rings. The van der Waals surface area contributed by atoms with Gasteiger partial charge in [-0.05, 0) is 10.9 Å². The summed E-state index contributed by atoms with van der Waals surface area (Å²) in [5.41, 5.74) is -0.988. The number of carboxylic acids is 1. The molecule has 0 aliphatic carbocycles. The molecule has 1 rings (SSSR count). The van der Waals surface area contributed by atoms with Crippen LogP contribution in [0.25, 0.3) is 0 Å². The number of halogens is 3. The molecule has 0 aromatic carbocycles. The molecule has 0 aliphatic rings. The second-order valence-corrected chi connectivity index (χ2v) is 4.35. The van der Waals surface area contributed by atoms with Gasteiger partial charge in [-0.25, -0.2) is 4.79 Å². The van der Waals surface area contributed by atoms with Crippen LogP contribution in [0.2, 0.25) is 0 Å². The molecule has 18 heavy (non-hydrogen) atoms. The molecule has 1 amide bonds. The summed E-state index contributed by atoms with van der Waals surface area (Å²) < 4.78 is 37.7. The van der Waals surface area contributed by atoms with Crippen LogP contribution in [0.1, 0.15) is 18.1 Å². The molecule has 100 valence electrons. The monoisotopic (exact) mass is 281 g/mol. The molecular weight excluding hydrogens is 271 g/mol. The number of alkyl halides is 3. The predicted molar refractivity (Wildman–Crippen MR) is 58.3 cm³/mol. The zero-order chi connectivity index (χ0) is 13.9. The van der Waals surface area contributed by atoms with Gasteiger partial charge >= 0.3 is 12.1 Å². The molecule has 1 unspecified atom stereocenters. The Morgan fingerprint density at radius 1 is 1.44 bits per heavy atom. The number of carbonyl (C=O) groups excluding carboxylic acids is 1. The first-order valence-corrected chi connectivity index (χ1v) is 5.78. The molecule has 0 saturated carbocycles. The van der Waals surface area contributed by atoms with Crippen LogP contribution in [0.15, 0.2) is 10.8 Å². The van der Waals surface area contributed by atoms with E-state index in [-0.39, 0.29) is 5.56 Å². The third-order valence-electron chi connectivity index (χ3n) is 2.15. The molecular formula is C10H10F3NO3S. The van der Waals surface area contributed by atoms with E-state index < -0.39 is 36.1 Å². The first kappa shape index (κ1) is 14.5. The molecule has 4 nitrogen and oxygen atoms in total. The summed E-state index contributed by atoms with van der Waals surface area (Å²) in [6, 6.07) is -1.36. The largest absolute Gasteiger partial charge is 0.480 e. The minimum atomic E-state index is -4.52. The van der Waals surface area contributed by atoms with Gasteiger partial charge in [0.25, 0.3) is 0 Å². The maximum absolute atomic E-state index is 12.6. The van der Waals surface area contributed by atoms with Crippen molar-refractivity contribution in [1.82, 2.24) is 5.32 Å². The van der Waals surface area contributed by atoms with Gasteiger partial charge in [-0.3, -0.25) is 4.79 Å². The van der Waals surface area contributed by atoms with E-state index in [1.807, 2.05) is 0 Å². The highest BCUT2D eigenvalue weighted by Gasteiger charge is 2.35. The van der Waals surface area contributed by atoms with Gasteiger partial charge in [-0.15, -0.1) is 0 Å². The van der Waals surface area contributed by atoms with Gasteiger partial charge in [0.05, 0.1) is 5.56 Å². The Hall–Kier alpha value is -1.57. The van der Waals surface area contributed by atoms with E-state index >= 15 is 0 Å². The van der Waals surface area contributed by atoms with Crippen molar-refractivity contribution in [3.63, 3.8) is 0 Å². The smallest absolute Gasteiger partial charge is 0.417 e. The van der Waals surface area contributed by atoms with Crippen molar-refractivity contribution in [1.29, 1.82) is 0 Å². The highest BCUT2D eigenvalue weighted by Crippen LogP contribution is 2.34. The predicted octanol–water partition coefficient (Wildman–Crippen LogP) is 1.90. The summed E-state index contributed by atoms with van der Waals surface area (Å²) in [7, 11) is 0. The van der Waals surface area contributed by atoms with Gasteiger partial charge in [-0.2, -0.15) is 24.5 Å². The van der Waals surface area contributed by atoms with Crippen LogP contribution in [0.5, 0.6) is 0 Å². The zero-order valence-corrected chi connectivity index (χ0v) is 10.1. The van der Waals surface area contributed by atoms with Gasteiger partial charge in [0.1, 0.15) is 6.04 Å². The van der Waals surface area contributed by atoms with Crippen LogP contribution in [0, 0.1) is 0 Å². The van der Waals surface area contributed by atoms with E-state index in [0.29, 0.717) is 0 Å². The number of nitrogens with one attached hydrogen (secondary N) is 1. The Morgan fingerprint density at radius 3 is 2.50 bits per heavy atom. The fraction of sp³-hybridized carbons (Fsp3) is 0.400. The van der Waals surface area contributed by atoms with Crippen LogP contribution in [0.3, 0.4) is 0 Å². The molecule has 0 spiro atoms. The fourth-order valence-electron chi connectivity index (χ4n) is 1.40. The van der Waals surface area contributed by atoms with E-state index in [1.54, 1.807) is 0 Å². The van der Waals surface area contributed by atoms with Crippen LogP contribution in [-0.2, 0) is 22.2 Å². The first-order chi connectivity index (χ1) is 8.21. The Balaban J connectivity index is 2.91. The number of carboxylic acid groups (broad SMARTS) is 1. The lowest BCUT2D eigenvalue weighted by molar-refractivity contribution is -0.142. The van der Waals surface area contributed by atoms with Crippen molar-refractivity contribution in [2.45, 2.75) is 25.6 Å². The summed E-state index contributed by atoms with van der Waals surface area (Å²) >= 11 is 0.840. The second kappa shape index (κ2) is 5.38. The average Bonchev–Trinajstić information content (AvgIpc) is 2.63. The number of hydrogen-bond donors (Lipinski definition) is 2. The van der Waals surface area contributed by atoms with Crippen molar-refractivity contribution in [3.05, 3.63) is 21.9 Å². The molecule has 1 heterocycles. The second-order valence-electron chi connectivity index (χ2n) is 3.60. The molecule has 0 radical (unpaired) electrons. The molecule has 0 saturated heterocycles. The van der Waals surface area contributed by atoms with Crippen molar-refractivity contribution in [2.24, 2.45) is 0 Å². The molecule has 0 bridgehead atoms. The summed E-state index contributed by atoms with van der Waals surface area (Å²) in [6.07, 6.45) is -4.91. The molecule has 1 aromatic heterocycles. The molecule has 1 atom stereocenters. The van der Waals surface area contributed by atoms with Crippen molar-refractivity contribution in [2.75, 3.05) is 0 Å². The van der Waals surface area contributed by atoms with Crippen molar-refractivity contribution in [3.8, 4) is 0 Å². The van der Waals surface area contributed by atoms with Crippen molar-refractivity contribution < 1.29 is 27.9 Å². The van der Waals surface area contributed by atoms with Crippen LogP contribution in [-0.4, -0.2) is 23.0 Å². The zero-order valence-electron chi connectivity index (χ0n) is 9.25. The van der Waals surface area contributed by atoms with E-state index in [1.165, 1.54) is 5.38 Å². The van der Waals surface area contributed by atoms with Gasteiger partial charge in [-0.1, -0.05) is 0 Å². The normalized spacial score (nSPS) is 13.1. The lowest BCUT2D eigenvalue weighted by Crippen LogP contribution is -2.41. The quantitative estimate of drug-likeness (QED) is 0.885. The average molecular weight is 281 g/mol. The molecule has 0 aliphatic heterocycles. The molecule has 8 heteroatoms. The maximum atomic E-state index is 12.6.